The number of nitrogens with zero attached hydrogens (tertiary/aromatic N) is 1. The lowest BCUT2D eigenvalue weighted by Gasteiger charge is -2.02. The molecule has 19 heavy (non-hydrogen) atoms. The zero-order chi connectivity index (χ0) is 13.6. The van der Waals surface area contributed by atoms with E-state index in [9.17, 15) is 4.79 Å². The van der Waals surface area contributed by atoms with E-state index in [2.05, 4.69) is 34.7 Å². The summed E-state index contributed by atoms with van der Waals surface area (Å²) in [6.45, 7) is 2.07. The maximum atomic E-state index is 10.9. The highest BCUT2D eigenvalue weighted by Gasteiger charge is 2.12. The summed E-state index contributed by atoms with van der Waals surface area (Å²) in [6, 6.07) is 11.6. The van der Waals surface area contributed by atoms with Crippen LogP contribution in [-0.2, 0) is 7.05 Å². The molecule has 0 amide bonds. The van der Waals surface area contributed by atoms with E-state index in [1.54, 1.807) is 12.1 Å². The first-order chi connectivity index (χ1) is 9.08. The highest BCUT2D eigenvalue weighted by atomic mass is 16.4. The molecule has 0 aliphatic heterocycles. The van der Waals surface area contributed by atoms with E-state index in [-0.39, 0.29) is 5.69 Å². The summed E-state index contributed by atoms with van der Waals surface area (Å²) in [4.78, 5) is 13.8. The van der Waals surface area contributed by atoms with E-state index < -0.39 is 5.97 Å². The zero-order valence-corrected chi connectivity index (χ0v) is 10.8. The van der Waals surface area contributed by atoms with E-state index in [4.69, 9.17) is 5.11 Å². The van der Waals surface area contributed by atoms with Crippen molar-refractivity contribution in [3.63, 3.8) is 0 Å². The van der Waals surface area contributed by atoms with Crippen molar-refractivity contribution in [2.75, 3.05) is 0 Å². The van der Waals surface area contributed by atoms with Crippen LogP contribution in [0, 0.1) is 6.92 Å². The summed E-state index contributed by atoms with van der Waals surface area (Å²) in [5, 5.41) is 10.1. The lowest BCUT2D eigenvalue weighted by Crippen LogP contribution is -1.96. The third-order valence-electron chi connectivity index (χ3n) is 3.50. The topological polar surface area (TPSA) is 58.0 Å². The Morgan fingerprint density at radius 1 is 1.26 bits per heavy atom. The number of carbonyl (C=O) groups is 1. The van der Waals surface area contributed by atoms with Gasteiger partial charge in [-0.05, 0) is 36.8 Å². The van der Waals surface area contributed by atoms with Gasteiger partial charge in [-0.25, -0.2) is 4.79 Å². The molecule has 2 heterocycles. The van der Waals surface area contributed by atoms with E-state index in [1.165, 1.54) is 10.9 Å². The minimum absolute atomic E-state index is 0.206. The van der Waals surface area contributed by atoms with Crippen molar-refractivity contribution in [1.29, 1.82) is 0 Å². The number of aromatic carboxylic acids is 1. The molecular weight excluding hydrogens is 240 g/mol. The third kappa shape index (κ3) is 1.73. The van der Waals surface area contributed by atoms with Crippen LogP contribution < -0.4 is 0 Å². The Labute approximate surface area is 110 Å². The van der Waals surface area contributed by atoms with Crippen LogP contribution in [0.2, 0.25) is 0 Å². The van der Waals surface area contributed by atoms with E-state index in [0.717, 1.165) is 16.9 Å². The minimum Gasteiger partial charge on any atom is -0.477 e. The second-order valence-corrected chi connectivity index (χ2v) is 4.69. The average Bonchev–Trinajstić information content (AvgIpc) is 2.96. The number of nitrogens with one attached hydrogen (secondary N) is 1. The van der Waals surface area contributed by atoms with Crippen LogP contribution in [0.15, 0.2) is 36.4 Å². The first kappa shape index (κ1) is 11.6. The number of carboxylic acid groups (broad SMARTS) is 1. The number of benzene rings is 1. The van der Waals surface area contributed by atoms with Crippen LogP contribution in [0.4, 0.5) is 0 Å². The fourth-order valence-electron chi connectivity index (χ4n) is 2.44. The van der Waals surface area contributed by atoms with Gasteiger partial charge >= 0.3 is 5.97 Å². The predicted molar refractivity (Wildman–Crippen MR) is 74.4 cm³/mol. The molecule has 0 unspecified atom stereocenters. The molecule has 2 aromatic heterocycles. The number of fused-ring (bicyclic) bond motifs is 1. The van der Waals surface area contributed by atoms with Crippen molar-refractivity contribution >= 4 is 16.9 Å². The lowest BCUT2D eigenvalue weighted by atomic mass is 10.1. The van der Waals surface area contributed by atoms with E-state index >= 15 is 0 Å². The average molecular weight is 254 g/mol. The first-order valence-corrected chi connectivity index (χ1v) is 6.05. The summed E-state index contributed by atoms with van der Waals surface area (Å²) in [5.74, 6) is -0.943. The molecule has 0 saturated carbocycles. The van der Waals surface area contributed by atoms with Gasteiger partial charge in [0.1, 0.15) is 5.69 Å². The number of aryl methyl sites for hydroxylation is 2. The van der Waals surface area contributed by atoms with Crippen molar-refractivity contribution in [2.24, 2.45) is 7.05 Å². The fraction of sp³-hybridized carbons (Fsp3) is 0.133. The van der Waals surface area contributed by atoms with Gasteiger partial charge in [-0.3, -0.25) is 0 Å². The van der Waals surface area contributed by atoms with Crippen LogP contribution in [0.1, 0.15) is 16.1 Å². The molecule has 0 radical (unpaired) electrons. The quantitative estimate of drug-likeness (QED) is 0.738. The smallest absolute Gasteiger partial charge is 0.352 e. The van der Waals surface area contributed by atoms with Crippen LogP contribution in [0.25, 0.3) is 22.3 Å². The first-order valence-electron chi connectivity index (χ1n) is 6.05. The van der Waals surface area contributed by atoms with Gasteiger partial charge in [0, 0.05) is 18.0 Å². The normalized spacial score (nSPS) is 11.1. The highest BCUT2D eigenvalue weighted by Crippen LogP contribution is 2.28. The number of carboxylic acids is 1. The number of rotatable bonds is 2. The summed E-state index contributed by atoms with van der Waals surface area (Å²) >= 11 is 0. The Morgan fingerprint density at radius 3 is 2.68 bits per heavy atom. The second-order valence-electron chi connectivity index (χ2n) is 4.69. The van der Waals surface area contributed by atoms with Gasteiger partial charge < -0.3 is 14.7 Å². The van der Waals surface area contributed by atoms with Crippen LogP contribution in [-0.4, -0.2) is 20.6 Å². The molecule has 4 heteroatoms. The number of aromatic nitrogens is 2. The highest BCUT2D eigenvalue weighted by molar-refractivity contribution is 5.90. The molecule has 0 aliphatic carbocycles. The summed E-state index contributed by atoms with van der Waals surface area (Å²) in [7, 11) is 1.98. The third-order valence-corrected chi connectivity index (χ3v) is 3.50. The van der Waals surface area contributed by atoms with Gasteiger partial charge in [0.05, 0.1) is 11.4 Å². The van der Waals surface area contributed by atoms with Gasteiger partial charge in [0.15, 0.2) is 0 Å². The molecule has 96 valence electrons. The van der Waals surface area contributed by atoms with Crippen LogP contribution >= 0.6 is 0 Å². The lowest BCUT2D eigenvalue weighted by molar-refractivity contribution is 0.0691. The van der Waals surface area contributed by atoms with Crippen LogP contribution in [0.5, 0.6) is 0 Å². The van der Waals surface area contributed by atoms with Gasteiger partial charge in [0.25, 0.3) is 0 Å². The zero-order valence-electron chi connectivity index (χ0n) is 10.8. The molecule has 4 nitrogen and oxygen atoms in total. The van der Waals surface area contributed by atoms with Crippen molar-refractivity contribution in [3.8, 4) is 11.4 Å². The molecule has 0 saturated heterocycles. The van der Waals surface area contributed by atoms with Gasteiger partial charge in [0.2, 0.25) is 0 Å². The Balaban J connectivity index is 2.22. The molecule has 2 N–H and O–H groups in total. The van der Waals surface area contributed by atoms with Crippen molar-refractivity contribution in [3.05, 3.63) is 47.7 Å². The molecule has 0 bridgehead atoms. The molecular formula is C15H14N2O2. The second kappa shape index (κ2) is 4.02. The monoisotopic (exact) mass is 254 g/mol. The summed E-state index contributed by atoms with van der Waals surface area (Å²) in [5.41, 5.74) is 4.36. The Hall–Kier alpha value is -2.49. The van der Waals surface area contributed by atoms with Crippen molar-refractivity contribution < 1.29 is 9.90 Å². The maximum absolute atomic E-state index is 10.9. The fourth-order valence-corrected chi connectivity index (χ4v) is 2.44. The van der Waals surface area contributed by atoms with Crippen molar-refractivity contribution in [2.45, 2.75) is 6.92 Å². The van der Waals surface area contributed by atoms with E-state index in [1.807, 2.05) is 13.1 Å². The Bertz CT molecular complexity index is 781. The maximum Gasteiger partial charge on any atom is 0.352 e. The number of hydrogen-bond acceptors (Lipinski definition) is 1. The molecule has 3 aromatic rings. The summed E-state index contributed by atoms with van der Waals surface area (Å²) in [6.07, 6.45) is 0. The number of hydrogen-bond donors (Lipinski definition) is 2. The van der Waals surface area contributed by atoms with Crippen LogP contribution in [0.3, 0.4) is 0 Å². The van der Waals surface area contributed by atoms with Gasteiger partial charge in [-0.2, -0.15) is 0 Å². The largest absolute Gasteiger partial charge is 0.477 e. The molecule has 0 fully saturated rings. The molecule has 0 aliphatic rings. The molecule has 0 atom stereocenters. The molecule has 1 aromatic carbocycles. The van der Waals surface area contributed by atoms with Crippen molar-refractivity contribution in [1.82, 2.24) is 9.55 Å². The predicted octanol–water partition coefficient (Wildman–Crippen LogP) is 3.18. The molecule has 0 spiro atoms. The Morgan fingerprint density at radius 2 is 2.05 bits per heavy atom. The SMILES string of the molecule is Cc1cccc2c1cc(-c1ccc(C(=O)O)[nH]1)n2C. The summed E-state index contributed by atoms with van der Waals surface area (Å²) < 4.78 is 2.07. The van der Waals surface area contributed by atoms with Gasteiger partial charge in [-0.15, -0.1) is 0 Å². The number of aromatic amines is 1. The Kier molecular flexibility index (Phi) is 2.45. The van der Waals surface area contributed by atoms with E-state index in [0.29, 0.717) is 0 Å². The number of H-pyrrole nitrogens is 1. The standard InChI is InChI=1S/C15H14N2O2/c1-9-4-3-5-13-10(9)8-14(17(13)2)11-6-7-12(16-11)15(18)19/h3-8,16H,1-2H3,(H,18,19). The van der Waals surface area contributed by atoms with Gasteiger partial charge in [-0.1, -0.05) is 12.1 Å². The molecule has 3 rings (SSSR count). The minimum atomic E-state index is -0.943.